The Labute approximate surface area is 256 Å². The van der Waals surface area contributed by atoms with Crippen molar-refractivity contribution in [1.29, 1.82) is 0 Å². The summed E-state index contributed by atoms with van der Waals surface area (Å²) in [5.41, 5.74) is 4.85. The maximum absolute atomic E-state index is 14.2. The van der Waals surface area contributed by atoms with E-state index in [9.17, 15) is 9.18 Å². The van der Waals surface area contributed by atoms with Crippen LogP contribution in [0.1, 0.15) is 36.1 Å². The van der Waals surface area contributed by atoms with Crippen molar-refractivity contribution in [2.75, 3.05) is 36.9 Å². The third-order valence-electron chi connectivity index (χ3n) is 8.37. The molecule has 44 heavy (non-hydrogen) atoms. The molecule has 0 saturated carbocycles. The van der Waals surface area contributed by atoms with Crippen molar-refractivity contribution < 1.29 is 28.2 Å². The molecule has 9 heteroatoms. The fraction of sp³-hybridized carbons (Fsp3) is 0.314. The van der Waals surface area contributed by atoms with Crippen LogP contribution in [0.5, 0.6) is 0 Å². The molecule has 6 rings (SSSR count). The van der Waals surface area contributed by atoms with Gasteiger partial charge in [-0.1, -0.05) is 61.5 Å². The summed E-state index contributed by atoms with van der Waals surface area (Å²) in [7, 11) is 0. The summed E-state index contributed by atoms with van der Waals surface area (Å²) in [6.45, 7) is 8.03. The zero-order chi connectivity index (χ0) is 31.1. The van der Waals surface area contributed by atoms with E-state index in [0.29, 0.717) is 23.2 Å². The van der Waals surface area contributed by atoms with E-state index in [4.69, 9.17) is 19.1 Å². The summed E-state index contributed by atoms with van der Waals surface area (Å²) in [6, 6.07) is 23.2. The molecular weight excluding hydrogens is 561 g/mol. The Hall–Kier alpha value is -4.40. The van der Waals surface area contributed by atoms with Crippen molar-refractivity contribution in [2.45, 2.75) is 44.6 Å². The van der Waals surface area contributed by atoms with Gasteiger partial charge in [-0.05, 0) is 60.4 Å². The molecule has 3 aromatic rings. The molecule has 2 N–H and O–H groups in total. The van der Waals surface area contributed by atoms with Crippen LogP contribution in [-0.2, 0) is 30.4 Å². The number of amides is 1. The molecule has 0 aromatic heterocycles. The number of morpholine rings is 1. The minimum atomic E-state index is -0.843. The summed E-state index contributed by atoms with van der Waals surface area (Å²) in [6.07, 6.45) is 4.48. The van der Waals surface area contributed by atoms with E-state index in [-0.39, 0.29) is 23.9 Å². The van der Waals surface area contributed by atoms with Crippen molar-refractivity contribution in [3.05, 3.63) is 119 Å². The number of halogens is 1. The van der Waals surface area contributed by atoms with Gasteiger partial charge in [0.25, 0.3) is 5.91 Å². The molecule has 2 bridgehead atoms. The first-order chi connectivity index (χ1) is 21.4. The average Bonchev–Trinajstić information content (AvgIpc) is 3.62. The smallest absolute Gasteiger partial charge is 0.373 e. The molecule has 228 valence electrons. The molecule has 1 saturated heterocycles. The van der Waals surface area contributed by atoms with Gasteiger partial charge in [0.15, 0.2) is 0 Å². The maximum Gasteiger partial charge on any atom is 0.373 e. The van der Waals surface area contributed by atoms with Gasteiger partial charge in [0.2, 0.25) is 0 Å². The number of carbonyl (C=O) groups is 1. The molecule has 3 unspecified atom stereocenters. The van der Waals surface area contributed by atoms with Crippen LogP contribution in [0.25, 0.3) is 0 Å². The highest BCUT2D eigenvalue weighted by atomic mass is 19.1. The molecule has 1 amide bonds. The van der Waals surface area contributed by atoms with Crippen LogP contribution in [0.15, 0.2) is 96.1 Å². The molecule has 3 aliphatic rings. The Morgan fingerprint density at radius 1 is 1.05 bits per heavy atom. The molecule has 8 nitrogen and oxygen atoms in total. The van der Waals surface area contributed by atoms with Crippen molar-refractivity contribution in [3.8, 4) is 0 Å². The van der Waals surface area contributed by atoms with E-state index >= 15 is 0 Å². The predicted molar refractivity (Wildman–Crippen MR) is 164 cm³/mol. The Balaban J connectivity index is 0.00000123. The maximum atomic E-state index is 14.2. The van der Waals surface area contributed by atoms with Crippen LogP contribution in [0.3, 0.4) is 0 Å². The van der Waals surface area contributed by atoms with Crippen LogP contribution >= 0.6 is 0 Å². The summed E-state index contributed by atoms with van der Waals surface area (Å²) >= 11 is 0. The van der Waals surface area contributed by atoms with E-state index in [0.717, 1.165) is 49.7 Å². The summed E-state index contributed by atoms with van der Waals surface area (Å²) in [4.78, 5) is 32.3. The molecule has 3 atom stereocenters. The summed E-state index contributed by atoms with van der Waals surface area (Å²) < 4.78 is 26.4. The highest BCUT2D eigenvalue weighted by Crippen LogP contribution is 2.52. The number of nitrogens with zero attached hydrogens (tertiary/aromatic N) is 1. The normalized spacial score (nSPS) is 21.3. The Morgan fingerprint density at radius 3 is 2.43 bits per heavy atom. The lowest BCUT2D eigenvalue weighted by Gasteiger charge is -2.37. The van der Waals surface area contributed by atoms with Crippen molar-refractivity contribution in [3.63, 3.8) is 0 Å². The molecule has 1 fully saturated rings. The van der Waals surface area contributed by atoms with Crippen molar-refractivity contribution >= 4 is 23.4 Å². The lowest BCUT2D eigenvalue weighted by atomic mass is 9.77. The van der Waals surface area contributed by atoms with Gasteiger partial charge in [-0.2, -0.15) is 9.59 Å². The highest BCUT2D eigenvalue weighted by molar-refractivity contribution is 6.06. The number of rotatable bonds is 9. The molecule has 3 aliphatic heterocycles. The van der Waals surface area contributed by atoms with Gasteiger partial charge in [-0.15, -0.1) is 0 Å². The number of carbonyl (C=O) groups excluding carboxylic acids is 3. The number of anilines is 2. The fourth-order valence-corrected chi connectivity index (χ4v) is 6.20. The number of ether oxygens (including phenoxy) is 2. The van der Waals surface area contributed by atoms with Crippen LogP contribution < -0.4 is 10.6 Å². The summed E-state index contributed by atoms with van der Waals surface area (Å²) in [5.74, 6) is -0.608. The zero-order valence-corrected chi connectivity index (χ0v) is 24.8. The van der Waals surface area contributed by atoms with Gasteiger partial charge >= 0.3 is 6.15 Å². The second kappa shape index (κ2) is 13.9. The number of hydrogen-bond donors (Lipinski definition) is 2. The van der Waals surface area contributed by atoms with E-state index in [1.165, 1.54) is 11.6 Å². The molecule has 3 aromatic carbocycles. The minimum Gasteiger partial charge on any atom is -0.379 e. The van der Waals surface area contributed by atoms with Crippen molar-refractivity contribution in [1.82, 2.24) is 4.90 Å². The van der Waals surface area contributed by atoms with Gasteiger partial charge in [0.1, 0.15) is 17.5 Å². The third-order valence-corrected chi connectivity index (χ3v) is 8.37. The topological polar surface area (TPSA) is 97.0 Å². The van der Waals surface area contributed by atoms with Gasteiger partial charge in [-0.25, -0.2) is 4.39 Å². The molecular formula is C35H36FN3O5. The van der Waals surface area contributed by atoms with E-state index < -0.39 is 11.7 Å². The first-order valence-corrected chi connectivity index (χ1v) is 14.8. The average molecular weight is 598 g/mol. The minimum absolute atomic E-state index is 0.250. The van der Waals surface area contributed by atoms with Gasteiger partial charge in [0.05, 0.1) is 24.8 Å². The SMILES string of the molecule is CCC1=C(C(=O)Nc2cccc(F)c2C)C2C=CC1(C(Nc1ccccc1)c1ccc(CN3CCOCC3)cc1)O2.O=C=O. The molecule has 0 aliphatic carbocycles. The Bertz CT molecular complexity index is 1560. The van der Waals surface area contributed by atoms with E-state index in [2.05, 4.69) is 52.8 Å². The van der Waals surface area contributed by atoms with E-state index in [1.807, 2.05) is 36.4 Å². The second-order valence-electron chi connectivity index (χ2n) is 11.0. The molecule has 0 spiro atoms. The highest BCUT2D eigenvalue weighted by Gasteiger charge is 2.54. The molecule has 3 heterocycles. The standard InChI is InChI=1S/C34H36FN3O3.CO2/c1-3-27-31(33(39)37-29-11-7-10-28(35)23(29)2)30-16-17-34(27,41-30)32(36-26-8-5-4-6-9-26)25-14-12-24(13-15-25)22-38-18-20-40-21-19-38;2-1-3/h4-17,30,32,36H,3,18-22H2,1-2H3,(H,37,39);. The lowest BCUT2D eigenvalue weighted by Crippen LogP contribution is -2.40. The van der Waals surface area contributed by atoms with E-state index in [1.54, 1.807) is 19.1 Å². The second-order valence-corrected chi connectivity index (χ2v) is 11.0. The number of fused-ring (bicyclic) bond motifs is 2. The van der Waals surface area contributed by atoms with Crippen LogP contribution in [0.4, 0.5) is 15.8 Å². The fourth-order valence-electron chi connectivity index (χ4n) is 6.20. The zero-order valence-electron chi connectivity index (χ0n) is 24.8. The largest absolute Gasteiger partial charge is 0.379 e. The van der Waals surface area contributed by atoms with Crippen LogP contribution in [0.2, 0.25) is 0 Å². The number of benzene rings is 3. The monoisotopic (exact) mass is 597 g/mol. The van der Waals surface area contributed by atoms with Gasteiger partial charge < -0.3 is 20.1 Å². The number of nitrogens with one attached hydrogen (secondary N) is 2. The van der Waals surface area contributed by atoms with Crippen LogP contribution in [0, 0.1) is 12.7 Å². The number of hydrogen-bond acceptors (Lipinski definition) is 7. The van der Waals surface area contributed by atoms with Crippen LogP contribution in [-0.4, -0.2) is 55.0 Å². The lowest BCUT2D eigenvalue weighted by molar-refractivity contribution is -0.191. The molecule has 0 radical (unpaired) electrons. The third kappa shape index (κ3) is 6.42. The quantitative estimate of drug-likeness (QED) is 0.311. The Kier molecular flexibility index (Phi) is 9.82. The first-order valence-electron chi connectivity index (χ1n) is 14.8. The van der Waals surface area contributed by atoms with Gasteiger partial charge in [-0.3, -0.25) is 9.69 Å². The summed E-state index contributed by atoms with van der Waals surface area (Å²) in [5, 5.41) is 6.68. The first kappa shape index (κ1) is 31.0. The van der Waals surface area contributed by atoms with Gasteiger partial charge in [0, 0.05) is 36.6 Å². The Morgan fingerprint density at radius 2 is 1.75 bits per heavy atom. The number of para-hydroxylation sites is 1. The van der Waals surface area contributed by atoms with Crippen molar-refractivity contribution in [2.24, 2.45) is 0 Å². The predicted octanol–water partition coefficient (Wildman–Crippen LogP) is 5.59.